The summed E-state index contributed by atoms with van der Waals surface area (Å²) in [5, 5.41) is 2.73. The Kier molecular flexibility index (Phi) is 3.12. The van der Waals surface area contributed by atoms with Gasteiger partial charge in [-0.05, 0) is 35.9 Å². The van der Waals surface area contributed by atoms with Gasteiger partial charge in [0.2, 0.25) is 0 Å². The molecule has 0 bridgehead atoms. The Balaban J connectivity index is 1.65. The highest BCUT2D eigenvalue weighted by Gasteiger charge is 2.12. The van der Waals surface area contributed by atoms with E-state index in [0.29, 0.717) is 11.5 Å². The molecule has 0 aliphatic rings. The minimum atomic E-state index is -0.282. The first-order chi connectivity index (χ1) is 11.3. The van der Waals surface area contributed by atoms with Gasteiger partial charge in [0.05, 0.1) is 0 Å². The highest BCUT2D eigenvalue weighted by Crippen LogP contribution is 2.19. The number of fused-ring (bicyclic) bond motifs is 1. The van der Waals surface area contributed by atoms with Crippen molar-refractivity contribution in [3.8, 4) is 11.1 Å². The molecule has 0 atom stereocenters. The second kappa shape index (κ2) is 5.42. The predicted octanol–water partition coefficient (Wildman–Crippen LogP) is 2.98. The van der Waals surface area contributed by atoms with Gasteiger partial charge in [-0.2, -0.15) is 0 Å². The van der Waals surface area contributed by atoms with Crippen molar-refractivity contribution in [2.45, 2.75) is 0 Å². The van der Waals surface area contributed by atoms with Gasteiger partial charge in [0.25, 0.3) is 5.91 Å². The summed E-state index contributed by atoms with van der Waals surface area (Å²) in [6.07, 6.45) is 9.08. The van der Waals surface area contributed by atoms with Crippen LogP contribution in [-0.4, -0.2) is 25.3 Å². The van der Waals surface area contributed by atoms with E-state index in [1.165, 1.54) is 0 Å². The first-order valence-corrected chi connectivity index (χ1v) is 7.14. The van der Waals surface area contributed by atoms with Crippen molar-refractivity contribution in [3.05, 3.63) is 73.1 Å². The van der Waals surface area contributed by atoms with Gasteiger partial charge in [-0.15, -0.1) is 0 Å². The first-order valence-electron chi connectivity index (χ1n) is 7.14. The maximum Gasteiger partial charge on any atom is 0.277 e. The number of aromatic nitrogens is 4. The lowest BCUT2D eigenvalue weighted by Crippen LogP contribution is -2.13. The van der Waals surface area contributed by atoms with Crippen molar-refractivity contribution in [2.24, 2.45) is 0 Å². The Labute approximate surface area is 131 Å². The lowest BCUT2D eigenvalue weighted by molar-refractivity contribution is 0.102. The molecule has 6 nitrogen and oxygen atoms in total. The summed E-state index contributed by atoms with van der Waals surface area (Å²) in [6, 6.07) is 11.2. The van der Waals surface area contributed by atoms with Crippen LogP contribution in [0.5, 0.6) is 0 Å². The monoisotopic (exact) mass is 303 g/mol. The van der Waals surface area contributed by atoms with Crippen LogP contribution >= 0.6 is 0 Å². The minimum absolute atomic E-state index is 0.282. The number of pyridine rings is 2. The number of nitrogens with one attached hydrogen (secondary N) is 2. The number of nitrogens with zero attached hydrogens (tertiary/aromatic N) is 3. The van der Waals surface area contributed by atoms with Gasteiger partial charge in [-0.25, -0.2) is 9.97 Å². The average Bonchev–Trinajstić information content (AvgIpc) is 3.24. The molecule has 1 amide bonds. The molecule has 112 valence electrons. The summed E-state index contributed by atoms with van der Waals surface area (Å²) in [5.74, 6) is 0.221. The van der Waals surface area contributed by atoms with Gasteiger partial charge in [0.15, 0.2) is 0 Å². The van der Waals surface area contributed by atoms with Gasteiger partial charge in [-0.1, -0.05) is 6.07 Å². The maximum atomic E-state index is 12.3. The third-order valence-electron chi connectivity index (χ3n) is 3.52. The van der Waals surface area contributed by atoms with E-state index in [0.717, 1.165) is 16.8 Å². The molecule has 0 aliphatic heterocycles. The third kappa shape index (κ3) is 2.57. The van der Waals surface area contributed by atoms with Gasteiger partial charge in [-0.3, -0.25) is 4.79 Å². The maximum absolute atomic E-state index is 12.3. The van der Waals surface area contributed by atoms with E-state index in [1.54, 1.807) is 24.5 Å². The normalized spacial score (nSPS) is 10.8. The van der Waals surface area contributed by atoms with Crippen LogP contribution in [0.15, 0.2) is 67.4 Å². The molecule has 6 heteroatoms. The Morgan fingerprint density at radius 3 is 2.83 bits per heavy atom. The number of aromatic amines is 1. The van der Waals surface area contributed by atoms with Crippen molar-refractivity contribution >= 4 is 17.4 Å². The van der Waals surface area contributed by atoms with Gasteiger partial charge in [0, 0.05) is 36.5 Å². The highest BCUT2D eigenvalue weighted by molar-refractivity contribution is 6.02. The van der Waals surface area contributed by atoms with Crippen LogP contribution in [0.3, 0.4) is 0 Å². The molecule has 0 unspecified atom stereocenters. The molecule has 4 rings (SSSR count). The molecule has 4 aromatic heterocycles. The summed E-state index contributed by atoms with van der Waals surface area (Å²) < 4.78 is 1.84. The van der Waals surface area contributed by atoms with E-state index < -0.39 is 0 Å². The second-order valence-corrected chi connectivity index (χ2v) is 5.08. The van der Waals surface area contributed by atoms with E-state index in [4.69, 9.17) is 0 Å². The fourth-order valence-electron chi connectivity index (χ4n) is 2.39. The van der Waals surface area contributed by atoms with Crippen molar-refractivity contribution in [1.29, 1.82) is 0 Å². The molecule has 2 N–H and O–H groups in total. The SMILES string of the molecule is O=C(Nc1ccccn1)c1cn2cc(-c3cc[nH]c3)ccc2n1. The van der Waals surface area contributed by atoms with Gasteiger partial charge >= 0.3 is 0 Å². The number of H-pyrrole nitrogens is 1. The van der Waals surface area contributed by atoms with Crippen molar-refractivity contribution in [2.75, 3.05) is 5.32 Å². The standard InChI is InChI=1S/C17H13N5O/c23-17(21-15-3-1-2-7-19-15)14-11-22-10-13(4-5-16(22)20-14)12-6-8-18-9-12/h1-11,18H,(H,19,21,23). The zero-order valence-electron chi connectivity index (χ0n) is 12.1. The largest absolute Gasteiger partial charge is 0.367 e. The number of carbonyl (C=O) groups excluding carboxylic acids is 1. The number of imidazole rings is 1. The zero-order chi connectivity index (χ0) is 15.6. The molecular weight excluding hydrogens is 290 g/mol. The fraction of sp³-hybridized carbons (Fsp3) is 0. The molecule has 0 saturated carbocycles. The Bertz CT molecular complexity index is 957. The van der Waals surface area contributed by atoms with Crippen LogP contribution < -0.4 is 5.32 Å². The van der Waals surface area contributed by atoms with Crippen molar-refractivity contribution in [3.63, 3.8) is 0 Å². The summed E-state index contributed by atoms with van der Waals surface area (Å²) in [6.45, 7) is 0. The molecule has 4 heterocycles. The highest BCUT2D eigenvalue weighted by atomic mass is 16.2. The molecule has 0 fully saturated rings. The number of anilines is 1. The first kappa shape index (κ1) is 13.3. The molecule has 0 aliphatic carbocycles. The van der Waals surface area contributed by atoms with Gasteiger partial charge < -0.3 is 14.7 Å². The number of carbonyl (C=O) groups is 1. The fourth-order valence-corrected chi connectivity index (χ4v) is 2.39. The molecule has 4 aromatic rings. The molecule has 0 radical (unpaired) electrons. The van der Waals surface area contributed by atoms with E-state index >= 15 is 0 Å². The lowest BCUT2D eigenvalue weighted by Gasteiger charge is -2.00. The van der Waals surface area contributed by atoms with E-state index in [9.17, 15) is 4.79 Å². The minimum Gasteiger partial charge on any atom is -0.367 e. The summed E-state index contributed by atoms with van der Waals surface area (Å²) in [4.78, 5) is 23.7. The van der Waals surface area contributed by atoms with E-state index in [-0.39, 0.29) is 5.91 Å². The summed E-state index contributed by atoms with van der Waals surface area (Å²) >= 11 is 0. The van der Waals surface area contributed by atoms with Gasteiger partial charge in [0.1, 0.15) is 17.2 Å². The van der Waals surface area contributed by atoms with E-state index in [2.05, 4.69) is 20.3 Å². The topological polar surface area (TPSA) is 75.1 Å². The van der Waals surface area contributed by atoms with Crippen molar-refractivity contribution in [1.82, 2.24) is 19.4 Å². The Hall–Kier alpha value is -3.41. The smallest absolute Gasteiger partial charge is 0.277 e. The molecule has 23 heavy (non-hydrogen) atoms. The quantitative estimate of drug-likeness (QED) is 0.611. The lowest BCUT2D eigenvalue weighted by atomic mass is 10.1. The molecule has 0 saturated heterocycles. The Morgan fingerprint density at radius 2 is 2.04 bits per heavy atom. The number of hydrogen-bond acceptors (Lipinski definition) is 3. The second-order valence-electron chi connectivity index (χ2n) is 5.08. The zero-order valence-corrected chi connectivity index (χ0v) is 12.1. The predicted molar refractivity (Wildman–Crippen MR) is 87.2 cm³/mol. The number of hydrogen-bond donors (Lipinski definition) is 2. The van der Waals surface area contributed by atoms with Crippen LogP contribution in [0, 0.1) is 0 Å². The van der Waals surface area contributed by atoms with Crippen LogP contribution in [0.1, 0.15) is 10.5 Å². The molecular formula is C17H13N5O. The number of rotatable bonds is 3. The third-order valence-corrected chi connectivity index (χ3v) is 3.52. The van der Waals surface area contributed by atoms with Crippen molar-refractivity contribution < 1.29 is 4.79 Å². The molecule has 0 spiro atoms. The number of amides is 1. The summed E-state index contributed by atoms with van der Waals surface area (Å²) in [7, 11) is 0. The summed E-state index contributed by atoms with van der Waals surface area (Å²) in [5.41, 5.74) is 3.20. The van der Waals surface area contributed by atoms with Crippen LogP contribution in [0.4, 0.5) is 5.82 Å². The average molecular weight is 303 g/mol. The van der Waals surface area contributed by atoms with Crippen LogP contribution in [0.2, 0.25) is 0 Å². The molecule has 0 aromatic carbocycles. The van der Waals surface area contributed by atoms with Crippen LogP contribution in [-0.2, 0) is 0 Å². The van der Waals surface area contributed by atoms with Crippen LogP contribution in [0.25, 0.3) is 16.8 Å². The van der Waals surface area contributed by atoms with E-state index in [1.807, 2.05) is 47.3 Å². The Morgan fingerprint density at radius 1 is 1.09 bits per heavy atom.